The maximum absolute atomic E-state index is 11.5. The molecule has 114 valence electrons. The zero-order valence-electron chi connectivity index (χ0n) is 11.7. The highest BCUT2D eigenvalue weighted by Gasteiger charge is 2.18. The van der Waals surface area contributed by atoms with E-state index in [9.17, 15) is 4.79 Å². The predicted octanol–water partition coefficient (Wildman–Crippen LogP) is 1.51. The summed E-state index contributed by atoms with van der Waals surface area (Å²) in [6, 6.07) is 3.15. The molecule has 9 heteroatoms. The Morgan fingerprint density at radius 1 is 1.32 bits per heavy atom. The van der Waals surface area contributed by atoms with Crippen LogP contribution in [0.5, 0.6) is 0 Å². The van der Waals surface area contributed by atoms with Gasteiger partial charge in [-0.3, -0.25) is 9.88 Å². The Labute approximate surface area is 132 Å². The molecule has 2 amide bonds. The number of rotatable bonds is 3. The van der Waals surface area contributed by atoms with Gasteiger partial charge in [-0.15, -0.1) is 12.4 Å². The monoisotopic (exact) mass is 319 g/mol. The van der Waals surface area contributed by atoms with E-state index in [4.69, 9.17) is 5.73 Å². The Hall–Kier alpha value is -2.74. The van der Waals surface area contributed by atoms with Gasteiger partial charge < -0.3 is 5.73 Å². The molecule has 3 heterocycles. The Bertz CT molecular complexity index is 789. The summed E-state index contributed by atoms with van der Waals surface area (Å²) in [7, 11) is 0. The number of halogens is 1. The van der Waals surface area contributed by atoms with Gasteiger partial charge in [0.05, 0.1) is 6.20 Å². The lowest BCUT2D eigenvalue weighted by Gasteiger charge is -2.17. The largest absolute Gasteiger partial charge is 0.351 e. The van der Waals surface area contributed by atoms with Crippen LogP contribution >= 0.6 is 12.4 Å². The third kappa shape index (κ3) is 2.56. The molecule has 0 fully saturated rings. The van der Waals surface area contributed by atoms with Gasteiger partial charge in [0.25, 0.3) is 0 Å². The first-order chi connectivity index (χ1) is 10.2. The lowest BCUT2D eigenvalue weighted by molar-refractivity contribution is 0.253. The molecule has 0 aromatic carbocycles. The van der Waals surface area contributed by atoms with Crippen LogP contribution in [0.15, 0.2) is 37.1 Å². The molecule has 0 radical (unpaired) electrons. The lowest BCUT2D eigenvalue weighted by atomic mass is 10.1. The highest BCUT2D eigenvalue weighted by molar-refractivity contribution is 5.89. The fraction of sp³-hybridized carbons (Fsp3) is 0.154. The maximum Gasteiger partial charge on any atom is 0.321 e. The normalized spacial score (nSPS) is 10.2. The number of primary amides is 1. The van der Waals surface area contributed by atoms with E-state index >= 15 is 0 Å². The van der Waals surface area contributed by atoms with Crippen LogP contribution in [-0.4, -0.2) is 37.1 Å². The average Bonchev–Trinajstić information content (AvgIpc) is 2.93. The number of hydrogen-bond donors (Lipinski definition) is 1. The van der Waals surface area contributed by atoms with Gasteiger partial charge in [-0.1, -0.05) is 0 Å². The molecule has 22 heavy (non-hydrogen) atoms. The molecule has 0 aliphatic rings. The van der Waals surface area contributed by atoms with Crippen LogP contribution in [-0.2, 0) is 0 Å². The summed E-state index contributed by atoms with van der Waals surface area (Å²) >= 11 is 0. The summed E-state index contributed by atoms with van der Waals surface area (Å²) < 4.78 is 1.50. The van der Waals surface area contributed by atoms with Gasteiger partial charge in [0.1, 0.15) is 6.33 Å². The lowest BCUT2D eigenvalue weighted by Crippen LogP contribution is -2.37. The van der Waals surface area contributed by atoms with Crippen LogP contribution in [0.4, 0.5) is 10.7 Å². The molecule has 3 aromatic heterocycles. The third-order valence-electron chi connectivity index (χ3n) is 3.10. The van der Waals surface area contributed by atoms with E-state index in [0.717, 1.165) is 11.1 Å². The van der Waals surface area contributed by atoms with Crippen LogP contribution in [0.2, 0.25) is 0 Å². The van der Waals surface area contributed by atoms with E-state index in [0.29, 0.717) is 18.1 Å². The Balaban J connectivity index is 0.00000176. The first-order valence-electron chi connectivity index (χ1n) is 6.38. The number of carbonyl (C=O) groups is 1. The second-order valence-corrected chi connectivity index (χ2v) is 4.29. The van der Waals surface area contributed by atoms with Crippen LogP contribution in [0.1, 0.15) is 6.92 Å². The van der Waals surface area contributed by atoms with Crippen molar-refractivity contribution in [3.8, 4) is 11.1 Å². The Morgan fingerprint density at radius 3 is 2.68 bits per heavy atom. The molecule has 3 aromatic rings. The number of hydrogen-bond acceptors (Lipinski definition) is 5. The molecule has 0 aliphatic heterocycles. The second kappa shape index (κ2) is 6.35. The van der Waals surface area contributed by atoms with Crippen molar-refractivity contribution in [1.82, 2.24) is 24.6 Å². The summed E-state index contributed by atoms with van der Waals surface area (Å²) in [5.74, 6) is 0.343. The topological polar surface area (TPSA) is 102 Å². The SMILES string of the molecule is CCN(C(N)=O)c1ncnc2c(-c3ccncc3)cnn12.Cl. The van der Waals surface area contributed by atoms with Crippen molar-refractivity contribution in [1.29, 1.82) is 0 Å². The van der Waals surface area contributed by atoms with Gasteiger partial charge >= 0.3 is 6.03 Å². The van der Waals surface area contributed by atoms with E-state index in [1.54, 1.807) is 18.6 Å². The Kier molecular flexibility index (Phi) is 4.52. The highest BCUT2D eigenvalue weighted by Crippen LogP contribution is 2.24. The van der Waals surface area contributed by atoms with Crippen molar-refractivity contribution >= 4 is 30.0 Å². The van der Waals surface area contributed by atoms with Gasteiger partial charge in [0, 0.05) is 24.5 Å². The molecular weight excluding hydrogens is 306 g/mol. The minimum absolute atomic E-state index is 0. The fourth-order valence-electron chi connectivity index (χ4n) is 2.12. The summed E-state index contributed by atoms with van der Waals surface area (Å²) in [5.41, 5.74) is 7.74. The molecule has 0 bridgehead atoms. The molecule has 0 saturated heterocycles. The molecule has 0 saturated carbocycles. The van der Waals surface area contributed by atoms with Crippen LogP contribution in [0, 0.1) is 0 Å². The Morgan fingerprint density at radius 2 is 2.05 bits per heavy atom. The van der Waals surface area contributed by atoms with Gasteiger partial charge in [0.2, 0.25) is 5.95 Å². The number of amides is 2. The number of nitrogens with zero attached hydrogens (tertiary/aromatic N) is 6. The zero-order chi connectivity index (χ0) is 14.8. The van der Waals surface area contributed by atoms with E-state index in [1.165, 1.54) is 15.7 Å². The van der Waals surface area contributed by atoms with Crippen molar-refractivity contribution in [2.75, 3.05) is 11.4 Å². The van der Waals surface area contributed by atoms with Gasteiger partial charge in [0.15, 0.2) is 5.65 Å². The summed E-state index contributed by atoms with van der Waals surface area (Å²) in [6.45, 7) is 2.21. The van der Waals surface area contributed by atoms with E-state index < -0.39 is 6.03 Å². The molecule has 8 nitrogen and oxygen atoms in total. The van der Waals surface area contributed by atoms with Gasteiger partial charge in [-0.25, -0.2) is 14.8 Å². The number of anilines is 1. The van der Waals surface area contributed by atoms with E-state index in [2.05, 4.69) is 20.1 Å². The number of fused-ring (bicyclic) bond motifs is 1. The number of pyridine rings is 1. The minimum Gasteiger partial charge on any atom is -0.351 e. The summed E-state index contributed by atoms with van der Waals surface area (Å²) in [4.78, 5) is 25.2. The highest BCUT2D eigenvalue weighted by atomic mass is 35.5. The molecular formula is C13H14ClN7O. The van der Waals surface area contributed by atoms with E-state index in [1.807, 2.05) is 19.1 Å². The van der Waals surface area contributed by atoms with Crippen LogP contribution in [0.3, 0.4) is 0 Å². The third-order valence-corrected chi connectivity index (χ3v) is 3.10. The van der Waals surface area contributed by atoms with Crippen LogP contribution < -0.4 is 10.6 Å². The van der Waals surface area contributed by atoms with E-state index in [-0.39, 0.29) is 12.4 Å². The standard InChI is InChI=1S/C13H13N7O.ClH/c1-2-19(12(14)21)13-17-8-16-11-10(7-18-20(11)13)9-3-5-15-6-4-9;/h3-8H,2H2,1H3,(H2,14,21);1H. The van der Waals surface area contributed by atoms with Gasteiger partial charge in [-0.05, 0) is 24.6 Å². The van der Waals surface area contributed by atoms with Crippen molar-refractivity contribution in [3.63, 3.8) is 0 Å². The zero-order valence-corrected chi connectivity index (χ0v) is 12.6. The minimum atomic E-state index is -0.585. The second-order valence-electron chi connectivity index (χ2n) is 4.29. The molecule has 3 rings (SSSR count). The maximum atomic E-state index is 11.5. The first kappa shape index (κ1) is 15.6. The average molecular weight is 320 g/mol. The van der Waals surface area contributed by atoms with Crippen molar-refractivity contribution < 1.29 is 4.79 Å². The predicted molar refractivity (Wildman–Crippen MR) is 83.9 cm³/mol. The van der Waals surface area contributed by atoms with Crippen molar-refractivity contribution in [2.45, 2.75) is 6.92 Å². The summed E-state index contributed by atoms with van der Waals surface area (Å²) in [5, 5.41) is 4.27. The first-order valence-corrected chi connectivity index (χ1v) is 6.38. The number of aromatic nitrogens is 5. The molecule has 0 spiro atoms. The summed E-state index contributed by atoms with van der Waals surface area (Å²) in [6.07, 6.45) is 6.46. The molecule has 0 unspecified atom stereocenters. The quantitative estimate of drug-likeness (QED) is 0.788. The smallest absolute Gasteiger partial charge is 0.321 e. The number of urea groups is 1. The number of carbonyl (C=O) groups excluding carboxylic acids is 1. The molecule has 2 N–H and O–H groups in total. The molecule has 0 aliphatic carbocycles. The number of nitrogens with two attached hydrogens (primary N) is 1. The fourth-order valence-corrected chi connectivity index (χ4v) is 2.12. The van der Waals surface area contributed by atoms with Crippen molar-refractivity contribution in [3.05, 3.63) is 37.1 Å². The molecule has 0 atom stereocenters. The van der Waals surface area contributed by atoms with Crippen LogP contribution in [0.25, 0.3) is 16.8 Å². The van der Waals surface area contributed by atoms with Gasteiger partial charge in [-0.2, -0.15) is 9.61 Å². The van der Waals surface area contributed by atoms with Crippen molar-refractivity contribution in [2.24, 2.45) is 5.73 Å².